The number of aliphatic imine (C=N–C) groups is 1. The lowest BCUT2D eigenvalue weighted by molar-refractivity contribution is -0.133. The van der Waals surface area contributed by atoms with E-state index in [-0.39, 0.29) is 5.97 Å². The number of rotatable bonds is 1. The van der Waals surface area contributed by atoms with Crippen LogP contribution in [0.4, 0.5) is 0 Å². The number of carbonyl (C=O) groups is 1. The fourth-order valence-corrected chi connectivity index (χ4v) is 1.56. The van der Waals surface area contributed by atoms with Crippen LogP contribution in [-0.4, -0.2) is 19.3 Å². The highest BCUT2D eigenvalue weighted by Crippen LogP contribution is 1.99. The summed E-state index contributed by atoms with van der Waals surface area (Å²) in [5.74, 6) is -0.353. The summed E-state index contributed by atoms with van der Waals surface area (Å²) in [6.45, 7) is 0. The number of fused-ring (bicyclic) bond motifs is 1. The van der Waals surface area contributed by atoms with E-state index in [0.717, 1.165) is 10.4 Å². The summed E-state index contributed by atoms with van der Waals surface area (Å²) in [4.78, 5) is 15.6. The predicted octanol–water partition coefficient (Wildman–Crippen LogP) is 0.389. The first kappa shape index (κ1) is 10.4. The Kier molecular flexibility index (Phi) is 2.96. The molecule has 0 amide bonds. The van der Waals surface area contributed by atoms with Crippen LogP contribution in [0.15, 0.2) is 41.5 Å². The lowest BCUT2D eigenvalue weighted by Gasteiger charge is -2.01. The van der Waals surface area contributed by atoms with Gasteiger partial charge in [-0.05, 0) is 22.6 Å². The van der Waals surface area contributed by atoms with E-state index in [9.17, 15) is 4.79 Å². The number of hydrogen-bond donors (Lipinski definition) is 0. The Morgan fingerprint density at radius 3 is 2.94 bits per heavy atom. The van der Waals surface area contributed by atoms with Crippen LogP contribution in [0.5, 0.6) is 0 Å². The van der Waals surface area contributed by atoms with Crippen molar-refractivity contribution in [1.29, 1.82) is 0 Å². The molecule has 16 heavy (non-hydrogen) atoms. The molecule has 3 nitrogen and oxygen atoms in total. The standard InChI is InChI=1S/C13H11NO2/c1-16-13(15)12-7-9-14-8-6-10-4-2-3-5-11(10)12/h2-9H,1H3/b8-6?,9-7?,10-6-,12-7?,12-11?,14-8?,14-9?. The molecule has 1 aromatic rings. The first-order chi connectivity index (χ1) is 7.83. The van der Waals surface area contributed by atoms with Gasteiger partial charge in [0, 0.05) is 12.4 Å². The van der Waals surface area contributed by atoms with Crippen LogP contribution in [0.3, 0.4) is 0 Å². The smallest absolute Gasteiger partial charge is 0.338 e. The van der Waals surface area contributed by atoms with Gasteiger partial charge in [-0.2, -0.15) is 0 Å². The molecule has 0 radical (unpaired) electrons. The summed E-state index contributed by atoms with van der Waals surface area (Å²) in [6.07, 6.45) is 6.80. The number of nitrogens with zero attached hydrogens (tertiary/aromatic N) is 1. The number of methoxy groups -OCH3 is 1. The SMILES string of the molecule is COC(=O)C1=c2cccc/c2=C/C=NC=C1. The second-order valence-corrected chi connectivity index (χ2v) is 3.27. The van der Waals surface area contributed by atoms with Gasteiger partial charge in [-0.3, -0.25) is 4.99 Å². The molecule has 1 heterocycles. The average molecular weight is 213 g/mol. The molecular formula is C13H11NO2. The highest BCUT2D eigenvalue weighted by molar-refractivity contribution is 6.14. The minimum atomic E-state index is -0.353. The van der Waals surface area contributed by atoms with E-state index in [4.69, 9.17) is 4.74 Å². The molecule has 0 saturated heterocycles. The molecule has 0 N–H and O–H groups in total. The van der Waals surface area contributed by atoms with Crippen molar-refractivity contribution >= 4 is 23.8 Å². The maximum atomic E-state index is 11.6. The molecule has 3 heteroatoms. The van der Waals surface area contributed by atoms with Crippen molar-refractivity contribution in [3.63, 3.8) is 0 Å². The Morgan fingerprint density at radius 2 is 2.12 bits per heavy atom. The molecule has 0 unspecified atom stereocenters. The second-order valence-electron chi connectivity index (χ2n) is 3.27. The third-order valence-electron chi connectivity index (χ3n) is 2.32. The third-order valence-corrected chi connectivity index (χ3v) is 2.32. The minimum Gasteiger partial charge on any atom is -0.465 e. The van der Waals surface area contributed by atoms with Crippen molar-refractivity contribution in [2.75, 3.05) is 7.11 Å². The molecule has 0 aromatic heterocycles. The third kappa shape index (κ3) is 1.93. The molecule has 2 rings (SSSR count). The Bertz CT molecular complexity index is 582. The normalized spacial score (nSPS) is 15.6. The first-order valence-electron chi connectivity index (χ1n) is 4.90. The van der Waals surface area contributed by atoms with Crippen LogP contribution in [0.2, 0.25) is 0 Å². The quantitative estimate of drug-likeness (QED) is 0.633. The van der Waals surface area contributed by atoms with Crippen molar-refractivity contribution in [1.82, 2.24) is 0 Å². The van der Waals surface area contributed by atoms with E-state index < -0.39 is 0 Å². The monoisotopic (exact) mass is 213 g/mol. The van der Waals surface area contributed by atoms with E-state index in [2.05, 4.69) is 4.99 Å². The van der Waals surface area contributed by atoms with Crippen LogP contribution in [-0.2, 0) is 9.53 Å². The number of esters is 1. The number of hydrogen-bond acceptors (Lipinski definition) is 3. The summed E-state index contributed by atoms with van der Waals surface area (Å²) < 4.78 is 4.75. The molecule has 1 aliphatic rings. The van der Waals surface area contributed by atoms with E-state index >= 15 is 0 Å². The molecule has 0 fully saturated rings. The molecule has 1 aliphatic heterocycles. The van der Waals surface area contributed by atoms with Gasteiger partial charge in [-0.1, -0.05) is 24.3 Å². The summed E-state index contributed by atoms with van der Waals surface area (Å²) in [6, 6.07) is 7.64. The van der Waals surface area contributed by atoms with E-state index in [1.165, 1.54) is 7.11 Å². The Morgan fingerprint density at radius 1 is 1.31 bits per heavy atom. The molecule has 0 aliphatic carbocycles. The Balaban J connectivity index is 2.82. The summed E-state index contributed by atoms with van der Waals surface area (Å²) >= 11 is 0. The van der Waals surface area contributed by atoms with Crippen molar-refractivity contribution in [2.45, 2.75) is 0 Å². The van der Waals surface area contributed by atoms with Crippen molar-refractivity contribution in [2.24, 2.45) is 4.99 Å². The zero-order valence-corrected chi connectivity index (χ0v) is 8.88. The fourth-order valence-electron chi connectivity index (χ4n) is 1.56. The van der Waals surface area contributed by atoms with Gasteiger partial charge < -0.3 is 4.74 Å². The van der Waals surface area contributed by atoms with Crippen molar-refractivity contribution in [3.05, 3.63) is 47.0 Å². The van der Waals surface area contributed by atoms with E-state index in [1.807, 2.05) is 30.3 Å². The Hall–Kier alpha value is -2.16. The fraction of sp³-hybridized carbons (Fsp3) is 0.0769. The minimum absolute atomic E-state index is 0.353. The van der Waals surface area contributed by atoms with Gasteiger partial charge in [-0.25, -0.2) is 4.79 Å². The Labute approximate surface area is 93.1 Å². The highest BCUT2D eigenvalue weighted by Gasteiger charge is 2.07. The zero-order chi connectivity index (χ0) is 11.4. The zero-order valence-electron chi connectivity index (χ0n) is 8.88. The van der Waals surface area contributed by atoms with Crippen LogP contribution in [0.1, 0.15) is 0 Å². The molecule has 1 aromatic carbocycles. The predicted molar refractivity (Wildman–Crippen MR) is 63.2 cm³/mol. The maximum absolute atomic E-state index is 11.6. The summed E-state index contributed by atoms with van der Waals surface area (Å²) in [7, 11) is 1.37. The highest BCUT2D eigenvalue weighted by atomic mass is 16.5. The lowest BCUT2D eigenvalue weighted by Crippen LogP contribution is -2.29. The lowest BCUT2D eigenvalue weighted by atomic mass is 10.1. The van der Waals surface area contributed by atoms with Crippen molar-refractivity contribution in [3.8, 4) is 0 Å². The number of ether oxygens (including phenoxy) is 1. The van der Waals surface area contributed by atoms with E-state index in [0.29, 0.717) is 5.57 Å². The van der Waals surface area contributed by atoms with Crippen LogP contribution >= 0.6 is 0 Å². The second kappa shape index (κ2) is 4.57. The van der Waals surface area contributed by atoms with Crippen LogP contribution in [0.25, 0.3) is 11.6 Å². The van der Waals surface area contributed by atoms with Crippen LogP contribution in [0, 0.1) is 0 Å². The molecule has 0 bridgehead atoms. The topological polar surface area (TPSA) is 38.7 Å². The van der Waals surface area contributed by atoms with E-state index in [1.54, 1.807) is 18.5 Å². The van der Waals surface area contributed by atoms with Crippen LogP contribution < -0.4 is 10.4 Å². The van der Waals surface area contributed by atoms with Gasteiger partial charge in [0.25, 0.3) is 0 Å². The summed E-state index contributed by atoms with van der Waals surface area (Å²) in [5, 5.41) is 1.81. The maximum Gasteiger partial charge on any atom is 0.338 e. The molecule has 0 spiro atoms. The summed E-state index contributed by atoms with van der Waals surface area (Å²) in [5.41, 5.74) is 0.520. The molecule has 0 saturated carbocycles. The van der Waals surface area contributed by atoms with Gasteiger partial charge in [0.1, 0.15) is 0 Å². The largest absolute Gasteiger partial charge is 0.465 e. The van der Waals surface area contributed by atoms with Gasteiger partial charge in [0.15, 0.2) is 0 Å². The molecule has 0 atom stereocenters. The molecule has 80 valence electrons. The van der Waals surface area contributed by atoms with Gasteiger partial charge in [0.05, 0.1) is 12.7 Å². The average Bonchev–Trinajstić information content (AvgIpc) is 2.29. The van der Waals surface area contributed by atoms with Gasteiger partial charge in [0.2, 0.25) is 0 Å². The van der Waals surface area contributed by atoms with Crippen molar-refractivity contribution < 1.29 is 9.53 Å². The number of carbonyl (C=O) groups excluding carboxylic acids is 1. The first-order valence-corrected chi connectivity index (χ1v) is 4.90. The van der Waals surface area contributed by atoms with Gasteiger partial charge >= 0.3 is 5.97 Å². The molecular weight excluding hydrogens is 202 g/mol. The number of benzene rings is 1. The van der Waals surface area contributed by atoms with Gasteiger partial charge in [-0.15, -0.1) is 0 Å².